The van der Waals surface area contributed by atoms with E-state index < -0.39 is 11.7 Å². The van der Waals surface area contributed by atoms with E-state index in [9.17, 15) is 4.79 Å². The number of rotatable bonds is 5. The average Bonchev–Trinajstić information content (AvgIpc) is 2.38. The lowest BCUT2D eigenvalue weighted by molar-refractivity contribution is 0.0506. The van der Waals surface area contributed by atoms with Crippen molar-refractivity contribution < 1.29 is 14.3 Å². The molecule has 1 amide bonds. The number of hydrogen-bond acceptors (Lipinski definition) is 5. The van der Waals surface area contributed by atoms with Crippen molar-refractivity contribution in [3.63, 3.8) is 0 Å². The molecule has 0 spiro atoms. The molecule has 1 unspecified atom stereocenters. The predicted molar refractivity (Wildman–Crippen MR) is 81.7 cm³/mol. The van der Waals surface area contributed by atoms with Crippen LogP contribution < -0.4 is 15.8 Å². The molecule has 0 bridgehead atoms. The number of nitrogens with two attached hydrogens (primary N) is 1. The maximum atomic E-state index is 11.8. The van der Waals surface area contributed by atoms with Crippen LogP contribution in [0, 0.1) is 0 Å². The van der Waals surface area contributed by atoms with E-state index in [1.165, 1.54) is 13.3 Å². The molecule has 1 aromatic rings. The normalized spacial score (nSPS) is 12.7. The third-order valence-electron chi connectivity index (χ3n) is 2.59. The largest absolute Gasteiger partial charge is 0.481 e. The minimum atomic E-state index is -0.555. The average molecular weight is 316 g/mol. The summed E-state index contributed by atoms with van der Waals surface area (Å²) in [6.45, 7) is 5.66. The lowest BCUT2D eigenvalue weighted by Gasteiger charge is -2.23. The molecule has 0 aliphatic rings. The monoisotopic (exact) mass is 315 g/mol. The zero-order valence-corrected chi connectivity index (χ0v) is 13.5. The molecule has 118 valence electrons. The Balaban J connectivity index is 2.72. The number of carbonyl (C=O) groups excluding carboxylic acids is 1. The van der Waals surface area contributed by atoms with Crippen LogP contribution in [0.15, 0.2) is 12.3 Å². The van der Waals surface area contributed by atoms with Gasteiger partial charge in [-0.15, -0.1) is 0 Å². The van der Waals surface area contributed by atoms with Gasteiger partial charge in [-0.2, -0.15) is 0 Å². The van der Waals surface area contributed by atoms with Gasteiger partial charge in [-0.3, -0.25) is 0 Å². The zero-order valence-electron chi connectivity index (χ0n) is 12.8. The van der Waals surface area contributed by atoms with E-state index in [1.54, 1.807) is 26.8 Å². The summed E-state index contributed by atoms with van der Waals surface area (Å²) in [5.74, 6) is 0.461. The molecule has 1 atom stereocenters. The second-order valence-electron chi connectivity index (χ2n) is 5.60. The first kappa shape index (κ1) is 17.5. The molecule has 0 fully saturated rings. The third-order valence-corrected chi connectivity index (χ3v) is 2.93. The second kappa shape index (κ2) is 7.47. The van der Waals surface area contributed by atoms with Gasteiger partial charge in [0, 0.05) is 24.8 Å². The minimum absolute atomic E-state index is 0.264. The van der Waals surface area contributed by atoms with E-state index in [1.807, 2.05) is 0 Å². The van der Waals surface area contributed by atoms with Gasteiger partial charge in [-0.05, 0) is 32.8 Å². The first-order valence-electron chi connectivity index (χ1n) is 6.63. The van der Waals surface area contributed by atoms with Gasteiger partial charge in [-0.1, -0.05) is 11.6 Å². The summed E-state index contributed by atoms with van der Waals surface area (Å²) in [6, 6.07) is 1.44. The number of aromatic nitrogens is 1. The standard InChI is InChI=1S/C14H22ClN3O3/c1-14(2,3)21-13(19)18-10(7-16)5-9-6-12(20-4)17-8-11(9)15/h6,8,10H,5,7,16H2,1-4H3,(H,18,19). The van der Waals surface area contributed by atoms with Crippen molar-refractivity contribution in [2.75, 3.05) is 13.7 Å². The van der Waals surface area contributed by atoms with Crippen molar-refractivity contribution in [1.29, 1.82) is 0 Å². The summed E-state index contributed by atoms with van der Waals surface area (Å²) in [6.07, 6.45) is 1.47. The van der Waals surface area contributed by atoms with E-state index in [0.29, 0.717) is 17.3 Å². The highest BCUT2D eigenvalue weighted by Gasteiger charge is 2.20. The first-order chi connectivity index (χ1) is 9.75. The molecule has 0 aliphatic heterocycles. The van der Waals surface area contributed by atoms with Crippen molar-refractivity contribution in [3.8, 4) is 5.88 Å². The molecule has 0 radical (unpaired) electrons. The highest BCUT2D eigenvalue weighted by atomic mass is 35.5. The molecule has 21 heavy (non-hydrogen) atoms. The van der Waals surface area contributed by atoms with Crippen LogP contribution in [0.3, 0.4) is 0 Å². The second-order valence-corrected chi connectivity index (χ2v) is 6.01. The van der Waals surface area contributed by atoms with Crippen LogP contribution in [0.4, 0.5) is 4.79 Å². The van der Waals surface area contributed by atoms with Gasteiger partial charge in [0.2, 0.25) is 5.88 Å². The summed E-state index contributed by atoms with van der Waals surface area (Å²) in [4.78, 5) is 15.8. The molecule has 0 saturated carbocycles. The van der Waals surface area contributed by atoms with E-state index >= 15 is 0 Å². The van der Waals surface area contributed by atoms with Crippen LogP contribution in [-0.4, -0.2) is 36.4 Å². The van der Waals surface area contributed by atoms with Crippen molar-refractivity contribution >= 4 is 17.7 Å². The smallest absolute Gasteiger partial charge is 0.407 e. The molecule has 7 heteroatoms. The summed E-state index contributed by atoms with van der Waals surface area (Å²) in [5, 5.41) is 3.23. The van der Waals surface area contributed by atoms with Crippen molar-refractivity contribution in [1.82, 2.24) is 10.3 Å². The lowest BCUT2D eigenvalue weighted by Crippen LogP contribution is -2.44. The van der Waals surface area contributed by atoms with Gasteiger partial charge >= 0.3 is 6.09 Å². The Morgan fingerprint density at radius 1 is 1.52 bits per heavy atom. The molecular formula is C14H22ClN3O3. The summed E-state index contributed by atoms with van der Waals surface area (Å²) in [7, 11) is 1.53. The molecule has 1 aromatic heterocycles. The molecular weight excluding hydrogens is 294 g/mol. The van der Waals surface area contributed by atoms with Gasteiger partial charge < -0.3 is 20.5 Å². The van der Waals surface area contributed by atoms with E-state index in [4.69, 9.17) is 26.8 Å². The third kappa shape index (κ3) is 6.18. The van der Waals surface area contributed by atoms with Crippen LogP contribution in [0.25, 0.3) is 0 Å². The van der Waals surface area contributed by atoms with Crippen LogP contribution in [-0.2, 0) is 11.2 Å². The molecule has 3 N–H and O–H groups in total. The highest BCUT2D eigenvalue weighted by Crippen LogP contribution is 2.20. The molecule has 6 nitrogen and oxygen atoms in total. The summed E-state index contributed by atoms with van der Waals surface area (Å²) in [5.41, 5.74) is 5.94. The Morgan fingerprint density at radius 3 is 2.71 bits per heavy atom. The minimum Gasteiger partial charge on any atom is -0.481 e. The van der Waals surface area contributed by atoms with Crippen molar-refractivity contribution in [3.05, 3.63) is 22.8 Å². The Hall–Kier alpha value is -1.53. The molecule has 1 rings (SSSR count). The number of methoxy groups -OCH3 is 1. The molecule has 0 aliphatic carbocycles. The van der Waals surface area contributed by atoms with Crippen molar-refractivity contribution in [2.45, 2.75) is 38.8 Å². The zero-order chi connectivity index (χ0) is 16.0. The number of hydrogen-bond donors (Lipinski definition) is 2. The topological polar surface area (TPSA) is 86.5 Å². The highest BCUT2D eigenvalue weighted by molar-refractivity contribution is 6.31. The molecule has 1 heterocycles. The predicted octanol–water partition coefficient (Wildman–Crippen LogP) is 2.14. The fraction of sp³-hybridized carbons (Fsp3) is 0.571. The number of nitrogens with one attached hydrogen (secondary N) is 1. The summed E-state index contributed by atoms with van der Waals surface area (Å²) >= 11 is 6.09. The fourth-order valence-corrected chi connectivity index (χ4v) is 1.84. The number of ether oxygens (including phenoxy) is 2. The molecule has 0 aromatic carbocycles. The number of amides is 1. The van der Waals surface area contributed by atoms with E-state index in [2.05, 4.69) is 10.3 Å². The quantitative estimate of drug-likeness (QED) is 0.869. The van der Waals surface area contributed by atoms with Gasteiger partial charge in [0.25, 0.3) is 0 Å². The van der Waals surface area contributed by atoms with Gasteiger partial charge in [0.05, 0.1) is 12.1 Å². The maximum absolute atomic E-state index is 11.8. The van der Waals surface area contributed by atoms with Crippen molar-refractivity contribution in [2.24, 2.45) is 5.73 Å². The fourth-order valence-electron chi connectivity index (χ4n) is 1.66. The SMILES string of the molecule is COc1cc(CC(CN)NC(=O)OC(C)(C)C)c(Cl)cn1. The van der Waals surface area contributed by atoms with Gasteiger partial charge in [-0.25, -0.2) is 9.78 Å². The maximum Gasteiger partial charge on any atom is 0.407 e. The van der Waals surface area contributed by atoms with Crippen LogP contribution in [0.2, 0.25) is 5.02 Å². The van der Waals surface area contributed by atoms with Crippen LogP contribution in [0.1, 0.15) is 26.3 Å². The Morgan fingerprint density at radius 2 is 2.19 bits per heavy atom. The molecule has 0 saturated heterocycles. The number of nitrogens with zero attached hydrogens (tertiary/aromatic N) is 1. The number of carbonyl (C=O) groups is 1. The number of halogens is 1. The first-order valence-corrected chi connectivity index (χ1v) is 7.01. The Kier molecular flexibility index (Phi) is 6.23. The van der Waals surface area contributed by atoms with Crippen LogP contribution >= 0.6 is 11.6 Å². The van der Waals surface area contributed by atoms with E-state index in [0.717, 1.165) is 5.56 Å². The van der Waals surface area contributed by atoms with Crippen LogP contribution in [0.5, 0.6) is 5.88 Å². The number of alkyl carbamates (subject to hydrolysis) is 1. The number of pyridine rings is 1. The Labute approximate surface area is 130 Å². The van der Waals surface area contributed by atoms with Gasteiger partial charge in [0.15, 0.2) is 0 Å². The summed E-state index contributed by atoms with van der Waals surface area (Å²) < 4.78 is 10.3. The van der Waals surface area contributed by atoms with Gasteiger partial charge in [0.1, 0.15) is 5.60 Å². The van der Waals surface area contributed by atoms with E-state index in [-0.39, 0.29) is 12.6 Å². The Bertz CT molecular complexity index is 489. The lowest BCUT2D eigenvalue weighted by atomic mass is 10.1.